The van der Waals surface area contributed by atoms with Crippen molar-refractivity contribution < 1.29 is 9.59 Å². The van der Waals surface area contributed by atoms with Crippen molar-refractivity contribution in [2.45, 2.75) is 18.9 Å². The summed E-state index contributed by atoms with van der Waals surface area (Å²) in [6, 6.07) is 0.268. The van der Waals surface area contributed by atoms with Gasteiger partial charge in [0.1, 0.15) is 10.6 Å². The third-order valence-corrected chi connectivity index (χ3v) is 4.09. The van der Waals surface area contributed by atoms with E-state index < -0.39 is 0 Å². The maximum Gasteiger partial charge on any atom is 0.258 e. The normalized spacial score (nSPS) is 19.2. The molecule has 4 N–H and O–H groups in total. The minimum absolute atomic E-state index is 0.0493. The molecule has 0 aromatic carbocycles. The lowest BCUT2D eigenvalue weighted by atomic mass is 10.2. The molecule has 0 bridgehead atoms. The summed E-state index contributed by atoms with van der Waals surface area (Å²) in [5, 5.41) is 6.35. The largest absolute Gasteiger partial charge is 0.382 e. The molecule has 1 aliphatic heterocycles. The van der Waals surface area contributed by atoms with Gasteiger partial charge in [0.05, 0.1) is 6.54 Å². The van der Waals surface area contributed by atoms with Gasteiger partial charge >= 0.3 is 0 Å². The molecule has 3 rings (SSSR count). The van der Waals surface area contributed by atoms with Crippen LogP contribution < -0.4 is 21.3 Å². The minimum Gasteiger partial charge on any atom is -0.382 e. The molecular weight excluding hydrogens is 266 g/mol. The molecule has 2 heterocycles. The Bertz CT molecular complexity index is 525. The van der Waals surface area contributed by atoms with Crippen LogP contribution in [0, 0.1) is 0 Å². The zero-order valence-electron chi connectivity index (χ0n) is 10.3. The van der Waals surface area contributed by atoms with Crippen molar-refractivity contribution in [3.8, 4) is 0 Å². The number of piperazine rings is 1. The zero-order valence-corrected chi connectivity index (χ0v) is 11.1. The lowest BCUT2D eigenvalue weighted by Crippen LogP contribution is -2.48. The molecule has 1 saturated heterocycles. The van der Waals surface area contributed by atoms with Gasteiger partial charge in [0.2, 0.25) is 5.91 Å². The van der Waals surface area contributed by atoms with E-state index >= 15 is 0 Å². The van der Waals surface area contributed by atoms with E-state index in [0.29, 0.717) is 23.7 Å². The Balaban J connectivity index is 1.84. The van der Waals surface area contributed by atoms with Gasteiger partial charge < -0.3 is 21.3 Å². The SMILES string of the molecule is Nc1nsc(N2CCNC(=O)C2)c1C(=O)NC1CC1. The van der Waals surface area contributed by atoms with Gasteiger partial charge in [-0.15, -0.1) is 0 Å². The van der Waals surface area contributed by atoms with Gasteiger partial charge in [-0.25, -0.2) is 0 Å². The number of hydrogen-bond donors (Lipinski definition) is 3. The predicted molar refractivity (Wildman–Crippen MR) is 72.2 cm³/mol. The highest BCUT2D eigenvalue weighted by molar-refractivity contribution is 7.11. The number of nitrogens with one attached hydrogen (secondary N) is 2. The van der Waals surface area contributed by atoms with Gasteiger partial charge in [-0.2, -0.15) is 4.37 Å². The van der Waals surface area contributed by atoms with E-state index in [0.717, 1.165) is 12.8 Å². The molecule has 8 heteroatoms. The second-order valence-corrected chi connectivity index (χ2v) is 5.52. The summed E-state index contributed by atoms with van der Waals surface area (Å²) in [6.45, 7) is 1.47. The topological polar surface area (TPSA) is 100 Å². The van der Waals surface area contributed by atoms with E-state index in [-0.39, 0.29) is 30.2 Å². The molecule has 1 aromatic rings. The highest BCUT2D eigenvalue weighted by atomic mass is 32.1. The zero-order chi connectivity index (χ0) is 13.4. The van der Waals surface area contributed by atoms with E-state index in [1.165, 1.54) is 11.5 Å². The van der Waals surface area contributed by atoms with Gasteiger partial charge in [-0.3, -0.25) is 9.59 Å². The third-order valence-electron chi connectivity index (χ3n) is 3.17. The summed E-state index contributed by atoms with van der Waals surface area (Å²) in [5.74, 6) is 0.00522. The average molecular weight is 281 g/mol. The maximum absolute atomic E-state index is 12.2. The quantitative estimate of drug-likeness (QED) is 0.697. The number of rotatable bonds is 3. The van der Waals surface area contributed by atoms with E-state index in [1.807, 2.05) is 4.90 Å². The van der Waals surface area contributed by atoms with E-state index in [2.05, 4.69) is 15.0 Å². The summed E-state index contributed by atoms with van der Waals surface area (Å²) in [6.07, 6.45) is 2.04. The molecule has 0 spiro atoms. The van der Waals surface area contributed by atoms with Crippen LogP contribution in [0.1, 0.15) is 23.2 Å². The van der Waals surface area contributed by atoms with Crippen LogP contribution in [0.15, 0.2) is 0 Å². The van der Waals surface area contributed by atoms with Crippen molar-refractivity contribution in [3.05, 3.63) is 5.56 Å². The molecule has 1 saturated carbocycles. The van der Waals surface area contributed by atoms with Gasteiger partial charge in [0, 0.05) is 19.1 Å². The van der Waals surface area contributed by atoms with Crippen LogP contribution in [0.2, 0.25) is 0 Å². The Morgan fingerprint density at radius 3 is 3.00 bits per heavy atom. The number of anilines is 2. The van der Waals surface area contributed by atoms with Gasteiger partial charge in [0.15, 0.2) is 5.82 Å². The monoisotopic (exact) mass is 281 g/mol. The standard InChI is InChI=1S/C11H15N5O2S/c12-9-8(10(18)14-6-1-2-6)11(19-15-9)16-4-3-13-7(17)5-16/h6H,1-5H2,(H2,12,15)(H,13,17)(H,14,18). The molecule has 19 heavy (non-hydrogen) atoms. The highest BCUT2D eigenvalue weighted by Crippen LogP contribution is 2.31. The van der Waals surface area contributed by atoms with Gasteiger partial charge in [-0.05, 0) is 24.4 Å². The van der Waals surface area contributed by atoms with Crippen molar-refractivity contribution in [2.75, 3.05) is 30.3 Å². The van der Waals surface area contributed by atoms with Crippen LogP contribution in [0.25, 0.3) is 0 Å². The van der Waals surface area contributed by atoms with Crippen molar-refractivity contribution in [1.29, 1.82) is 0 Å². The van der Waals surface area contributed by atoms with Crippen molar-refractivity contribution in [2.24, 2.45) is 0 Å². The van der Waals surface area contributed by atoms with Crippen LogP contribution in [0.5, 0.6) is 0 Å². The van der Waals surface area contributed by atoms with E-state index in [1.54, 1.807) is 0 Å². The summed E-state index contributed by atoms with van der Waals surface area (Å²) in [5.41, 5.74) is 6.20. The number of carbonyl (C=O) groups excluding carboxylic acids is 2. The summed E-state index contributed by atoms with van der Waals surface area (Å²) in [7, 11) is 0. The van der Waals surface area contributed by atoms with Gasteiger partial charge in [-0.1, -0.05) is 0 Å². The second-order valence-electron chi connectivity index (χ2n) is 4.77. The molecular formula is C11H15N5O2S. The molecule has 0 radical (unpaired) electrons. The number of aromatic nitrogens is 1. The lowest BCUT2D eigenvalue weighted by molar-refractivity contribution is -0.120. The minimum atomic E-state index is -0.185. The first-order valence-corrected chi connectivity index (χ1v) is 7.00. The van der Waals surface area contributed by atoms with Gasteiger partial charge in [0.25, 0.3) is 5.91 Å². The summed E-state index contributed by atoms with van der Waals surface area (Å²) >= 11 is 1.17. The Morgan fingerprint density at radius 2 is 2.32 bits per heavy atom. The number of nitrogens with zero attached hydrogens (tertiary/aromatic N) is 2. The third kappa shape index (κ3) is 2.48. The summed E-state index contributed by atoms with van der Waals surface area (Å²) < 4.78 is 4.05. The smallest absolute Gasteiger partial charge is 0.258 e. The molecule has 102 valence electrons. The molecule has 2 fully saturated rings. The summed E-state index contributed by atoms with van der Waals surface area (Å²) in [4.78, 5) is 25.4. The van der Waals surface area contributed by atoms with E-state index in [9.17, 15) is 9.59 Å². The average Bonchev–Trinajstić information content (AvgIpc) is 3.09. The maximum atomic E-state index is 12.2. The first-order valence-electron chi connectivity index (χ1n) is 6.23. The first-order chi connectivity index (χ1) is 9.15. The molecule has 1 aromatic heterocycles. The Morgan fingerprint density at radius 1 is 1.53 bits per heavy atom. The lowest BCUT2D eigenvalue weighted by Gasteiger charge is -2.27. The van der Waals surface area contributed by atoms with Crippen molar-refractivity contribution in [3.63, 3.8) is 0 Å². The molecule has 2 amide bonds. The number of nitrogens with two attached hydrogens (primary N) is 1. The Kier molecular flexibility index (Phi) is 3.02. The highest BCUT2D eigenvalue weighted by Gasteiger charge is 2.30. The number of hydrogen-bond acceptors (Lipinski definition) is 6. The van der Waals surface area contributed by atoms with E-state index in [4.69, 9.17) is 5.73 Å². The number of carbonyl (C=O) groups is 2. The Hall–Kier alpha value is -1.83. The fraction of sp³-hybridized carbons (Fsp3) is 0.545. The molecule has 7 nitrogen and oxygen atoms in total. The van der Waals surface area contributed by atoms with Crippen LogP contribution in [0.4, 0.5) is 10.8 Å². The molecule has 0 unspecified atom stereocenters. The van der Waals surface area contributed by atoms with Crippen molar-refractivity contribution >= 4 is 34.2 Å². The van der Waals surface area contributed by atoms with Crippen LogP contribution >= 0.6 is 11.5 Å². The molecule has 0 atom stereocenters. The fourth-order valence-corrected chi connectivity index (χ4v) is 2.86. The predicted octanol–water partition coefficient (Wildman–Crippen LogP) is -0.446. The molecule has 1 aliphatic carbocycles. The molecule has 2 aliphatic rings. The second kappa shape index (κ2) is 4.69. The Labute approximate surface area is 114 Å². The first kappa shape index (κ1) is 12.2. The van der Waals surface area contributed by atoms with Crippen LogP contribution in [-0.4, -0.2) is 41.9 Å². The van der Waals surface area contributed by atoms with Crippen LogP contribution in [-0.2, 0) is 4.79 Å². The number of amides is 2. The van der Waals surface area contributed by atoms with Crippen LogP contribution in [0.3, 0.4) is 0 Å². The fourth-order valence-electron chi connectivity index (χ4n) is 2.02. The van der Waals surface area contributed by atoms with Crippen molar-refractivity contribution in [1.82, 2.24) is 15.0 Å². The number of nitrogen functional groups attached to an aromatic ring is 1.